The highest BCUT2D eigenvalue weighted by atomic mass is 79.9. The van der Waals surface area contributed by atoms with E-state index in [0.29, 0.717) is 10.6 Å². The SMILES string of the molecule is O=C(NC1(c2ccc(Br)cc2)CC1)c1ccc(Cl)cc1. The van der Waals surface area contributed by atoms with Crippen LogP contribution in [0.15, 0.2) is 53.0 Å². The maximum atomic E-state index is 12.3. The van der Waals surface area contributed by atoms with Gasteiger partial charge in [0.15, 0.2) is 0 Å². The van der Waals surface area contributed by atoms with Gasteiger partial charge in [0.25, 0.3) is 5.91 Å². The molecule has 1 amide bonds. The zero-order chi connectivity index (χ0) is 14.2. The highest BCUT2D eigenvalue weighted by Crippen LogP contribution is 2.45. The van der Waals surface area contributed by atoms with E-state index >= 15 is 0 Å². The van der Waals surface area contributed by atoms with Crippen molar-refractivity contribution < 1.29 is 4.79 Å². The number of nitrogens with one attached hydrogen (secondary N) is 1. The predicted molar refractivity (Wildman–Crippen MR) is 84.0 cm³/mol. The summed E-state index contributed by atoms with van der Waals surface area (Å²) in [7, 11) is 0. The Morgan fingerprint density at radius 2 is 1.65 bits per heavy atom. The van der Waals surface area contributed by atoms with Crippen LogP contribution in [-0.4, -0.2) is 5.91 Å². The van der Waals surface area contributed by atoms with Crippen LogP contribution >= 0.6 is 27.5 Å². The minimum atomic E-state index is -0.197. The van der Waals surface area contributed by atoms with E-state index in [1.807, 2.05) is 12.1 Å². The molecule has 0 saturated heterocycles. The number of carbonyl (C=O) groups excluding carboxylic acids is 1. The topological polar surface area (TPSA) is 29.1 Å². The summed E-state index contributed by atoms with van der Waals surface area (Å²) >= 11 is 9.26. The van der Waals surface area contributed by atoms with E-state index in [-0.39, 0.29) is 11.4 Å². The van der Waals surface area contributed by atoms with Crippen molar-refractivity contribution in [1.82, 2.24) is 5.32 Å². The first-order valence-electron chi connectivity index (χ1n) is 6.43. The van der Waals surface area contributed by atoms with Gasteiger partial charge in [-0.25, -0.2) is 0 Å². The molecule has 1 fully saturated rings. The second-order valence-corrected chi connectivity index (χ2v) is 6.40. The van der Waals surface area contributed by atoms with Gasteiger partial charge < -0.3 is 5.32 Å². The van der Waals surface area contributed by atoms with Gasteiger partial charge in [-0.15, -0.1) is 0 Å². The lowest BCUT2D eigenvalue weighted by molar-refractivity contribution is 0.0931. The van der Waals surface area contributed by atoms with Crippen molar-refractivity contribution in [3.05, 3.63) is 69.2 Å². The van der Waals surface area contributed by atoms with Crippen molar-refractivity contribution in [2.45, 2.75) is 18.4 Å². The molecule has 0 bridgehead atoms. The van der Waals surface area contributed by atoms with E-state index in [1.54, 1.807) is 24.3 Å². The molecule has 0 aromatic heterocycles. The summed E-state index contributed by atoms with van der Waals surface area (Å²) < 4.78 is 1.04. The summed E-state index contributed by atoms with van der Waals surface area (Å²) in [5.41, 5.74) is 1.60. The molecule has 0 heterocycles. The van der Waals surface area contributed by atoms with Gasteiger partial charge in [-0.05, 0) is 54.8 Å². The number of hydrogen-bond donors (Lipinski definition) is 1. The molecule has 0 spiro atoms. The van der Waals surface area contributed by atoms with Crippen molar-refractivity contribution in [3.63, 3.8) is 0 Å². The summed E-state index contributed by atoms with van der Waals surface area (Å²) in [6.45, 7) is 0. The molecule has 0 atom stereocenters. The first kappa shape index (κ1) is 13.7. The largest absolute Gasteiger partial charge is 0.343 e. The molecule has 0 aliphatic heterocycles. The van der Waals surface area contributed by atoms with Gasteiger partial charge in [0.2, 0.25) is 0 Å². The molecule has 2 aromatic rings. The average Bonchev–Trinajstić information content (AvgIpc) is 3.21. The molecule has 1 N–H and O–H groups in total. The van der Waals surface area contributed by atoms with Gasteiger partial charge in [-0.1, -0.05) is 39.7 Å². The molecule has 0 unspecified atom stereocenters. The van der Waals surface area contributed by atoms with E-state index in [2.05, 4.69) is 33.4 Å². The van der Waals surface area contributed by atoms with Crippen LogP contribution in [0.3, 0.4) is 0 Å². The number of halogens is 2. The quantitative estimate of drug-likeness (QED) is 0.866. The standard InChI is InChI=1S/C16H13BrClNO/c17-13-5-3-12(4-6-13)16(9-10-16)19-15(20)11-1-7-14(18)8-2-11/h1-8H,9-10H2,(H,19,20). The Morgan fingerprint density at radius 3 is 2.20 bits per heavy atom. The van der Waals surface area contributed by atoms with Crippen molar-refractivity contribution >= 4 is 33.4 Å². The van der Waals surface area contributed by atoms with Crippen molar-refractivity contribution in [3.8, 4) is 0 Å². The molecular weight excluding hydrogens is 338 g/mol. The van der Waals surface area contributed by atoms with Crippen LogP contribution in [0.1, 0.15) is 28.8 Å². The fraction of sp³-hybridized carbons (Fsp3) is 0.188. The van der Waals surface area contributed by atoms with E-state index < -0.39 is 0 Å². The Bertz CT molecular complexity index is 633. The molecule has 1 aliphatic carbocycles. The fourth-order valence-corrected chi connectivity index (χ4v) is 2.66. The Kier molecular flexibility index (Phi) is 3.57. The normalized spacial score (nSPS) is 15.7. The summed E-state index contributed by atoms with van der Waals surface area (Å²) in [6.07, 6.45) is 1.96. The van der Waals surface area contributed by atoms with Crippen LogP contribution in [0.2, 0.25) is 5.02 Å². The fourth-order valence-electron chi connectivity index (χ4n) is 2.27. The second kappa shape index (κ2) is 5.23. The number of carbonyl (C=O) groups is 1. The number of benzene rings is 2. The molecule has 3 rings (SSSR count). The zero-order valence-electron chi connectivity index (χ0n) is 10.7. The third-order valence-electron chi connectivity index (χ3n) is 3.61. The lowest BCUT2D eigenvalue weighted by atomic mass is 10.0. The minimum absolute atomic E-state index is 0.0536. The summed E-state index contributed by atoms with van der Waals surface area (Å²) in [4.78, 5) is 12.3. The Balaban J connectivity index is 1.78. The summed E-state index contributed by atoms with van der Waals surface area (Å²) in [5, 5.41) is 3.78. The molecule has 1 saturated carbocycles. The third-order valence-corrected chi connectivity index (χ3v) is 4.39. The van der Waals surface area contributed by atoms with E-state index in [1.165, 1.54) is 0 Å². The van der Waals surface area contributed by atoms with Gasteiger partial charge in [0, 0.05) is 15.1 Å². The van der Waals surface area contributed by atoms with Gasteiger partial charge in [-0.3, -0.25) is 4.79 Å². The monoisotopic (exact) mass is 349 g/mol. The molecule has 0 radical (unpaired) electrons. The number of rotatable bonds is 3. The lowest BCUT2D eigenvalue weighted by Crippen LogP contribution is -2.34. The number of amides is 1. The zero-order valence-corrected chi connectivity index (χ0v) is 13.0. The van der Waals surface area contributed by atoms with E-state index in [9.17, 15) is 4.79 Å². The Hall–Kier alpha value is -1.32. The predicted octanol–water partition coefficient (Wildman–Crippen LogP) is 4.52. The lowest BCUT2D eigenvalue weighted by Gasteiger charge is -2.18. The average molecular weight is 351 g/mol. The van der Waals surface area contributed by atoms with Gasteiger partial charge >= 0.3 is 0 Å². The van der Waals surface area contributed by atoms with E-state index in [4.69, 9.17) is 11.6 Å². The molecule has 1 aliphatic rings. The molecule has 4 heteroatoms. The van der Waals surface area contributed by atoms with Gasteiger partial charge in [0.05, 0.1) is 5.54 Å². The van der Waals surface area contributed by atoms with E-state index in [0.717, 1.165) is 22.9 Å². The van der Waals surface area contributed by atoms with Crippen LogP contribution in [0.25, 0.3) is 0 Å². The van der Waals surface area contributed by atoms with Crippen molar-refractivity contribution in [1.29, 1.82) is 0 Å². The maximum Gasteiger partial charge on any atom is 0.251 e. The molecule has 2 nitrogen and oxygen atoms in total. The minimum Gasteiger partial charge on any atom is -0.343 e. The first-order valence-corrected chi connectivity index (χ1v) is 7.60. The third kappa shape index (κ3) is 2.74. The summed E-state index contributed by atoms with van der Waals surface area (Å²) in [5.74, 6) is -0.0536. The highest BCUT2D eigenvalue weighted by Gasteiger charge is 2.45. The van der Waals surface area contributed by atoms with Crippen molar-refractivity contribution in [2.24, 2.45) is 0 Å². The second-order valence-electron chi connectivity index (χ2n) is 5.05. The van der Waals surface area contributed by atoms with Crippen LogP contribution in [-0.2, 0) is 5.54 Å². The van der Waals surface area contributed by atoms with Crippen LogP contribution in [0.4, 0.5) is 0 Å². The van der Waals surface area contributed by atoms with Crippen LogP contribution < -0.4 is 5.32 Å². The van der Waals surface area contributed by atoms with Crippen LogP contribution in [0.5, 0.6) is 0 Å². The highest BCUT2D eigenvalue weighted by molar-refractivity contribution is 9.10. The summed E-state index contributed by atoms with van der Waals surface area (Å²) in [6, 6.07) is 15.1. The Morgan fingerprint density at radius 1 is 1.05 bits per heavy atom. The molecule has 2 aromatic carbocycles. The van der Waals surface area contributed by atoms with Gasteiger partial charge in [-0.2, -0.15) is 0 Å². The van der Waals surface area contributed by atoms with Crippen LogP contribution in [0, 0.1) is 0 Å². The molecular formula is C16H13BrClNO. The van der Waals surface area contributed by atoms with Gasteiger partial charge in [0.1, 0.15) is 0 Å². The first-order chi connectivity index (χ1) is 9.59. The Labute approximate surface area is 131 Å². The maximum absolute atomic E-state index is 12.3. The number of hydrogen-bond acceptors (Lipinski definition) is 1. The smallest absolute Gasteiger partial charge is 0.251 e. The molecule has 20 heavy (non-hydrogen) atoms. The molecule has 102 valence electrons. The van der Waals surface area contributed by atoms with Crippen molar-refractivity contribution in [2.75, 3.05) is 0 Å².